The Labute approximate surface area is 116 Å². The van der Waals surface area contributed by atoms with Crippen LogP contribution in [0.1, 0.15) is 44.2 Å². The minimum atomic E-state index is 0.622. The molecule has 2 atom stereocenters. The number of aromatic nitrogens is 1. The molecule has 2 fully saturated rings. The Morgan fingerprint density at radius 1 is 1.37 bits per heavy atom. The highest BCUT2D eigenvalue weighted by Crippen LogP contribution is 2.29. The smallest absolute Gasteiger partial charge is 0.131 e. The van der Waals surface area contributed by atoms with Crippen molar-refractivity contribution < 1.29 is 0 Å². The van der Waals surface area contributed by atoms with Crippen molar-refractivity contribution in [3.8, 4) is 0 Å². The summed E-state index contributed by atoms with van der Waals surface area (Å²) >= 11 is 0. The van der Waals surface area contributed by atoms with Gasteiger partial charge < -0.3 is 10.2 Å². The maximum Gasteiger partial charge on any atom is 0.131 e. The lowest BCUT2D eigenvalue weighted by Gasteiger charge is -2.24. The van der Waals surface area contributed by atoms with Gasteiger partial charge >= 0.3 is 0 Å². The van der Waals surface area contributed by atoms with Crippen LogP contribution in [-0.4, -0.2) is 23.6 Å². The fourth-order valence-corrected chi connectivity index (χ4v) is 3.17. The van der Waals surface area contributed by atoms with Gasteiger partial charge in [0.05, 0.1) is 0 Å². The van der Waals surface area contributed by atoms with Crippen LogP contribution < -0.4 is 10.2 Å². The number of hydrogen-bond acceptors (Lipinski definition) is 3. The lowest BCUT2D eigenvalue weighted by atomic mass is 10.1. The summed E-state index contributed by atoms with van der Waals surface area (Å²) in [4.78, 5) is 7.20. The van der Waals surface area contributed by atoms with Crippen LogP contribution in [0.4, 0.5) is 5.82 Å². The minimum absolute atomic E-state index is 0.622. The van der Waals surface area contributed by atoms with E-state index < -0.39 is 0 Å². The van der Waals surface area contributed by atoms with Crippen LogP contribution in [0.25, 0.3) is 0 Å². The molecule has 0 radical (unpaired) electrons. The highest BCUT2D eigenvalue weighted by molar-refractivity contribution is 5.49. The summed E-state index contributed by atoms with van der Waals surface area (Å²) in [5, 5.41) is 3.55. The average Bonchev–Trinajstić information content (AvgIpc) is 3.12. The molecule has 3 nitrogen and oxygen atoms in total. The molecule has 3 rings (SSSR count). The first-order valence-corrected chi connectivity index (χ1v) is 7.59. The summed E-state index contributed by atoms with van der Waals surface area (Å²) < 4.78 is 0. The summed E-state index contributed by atoms with van der Waals surface area (Å²) in [6.07, 6.45) is 6.01. The molecule has 1 aliphatic carbocycles. The normalized spacial score (nSPS) is 27.0. The SMILES string of the molecule is Cc1cc(CNC2CC2)cnc1N1CC(C)CC1C. The maximum absolute atomic E-state index is 4.73. The van der Waals surface area contributed by atoms with Crippen LogP contribution in [0.2, 0.25) is 0 Å². The number of rotatable bonds is 4. The molecule has 1 saturated carbocycles. The molecule has 0 aromatic carbocycles. The number of nitrogens with one attached hydrogen (secondary N) is 1. The molecule has 1 aromatic heterocycles. The Morgan fingerprint density at radius 2 is 2.16 bits per heavy atom. The molecule has 1 aromatic rings. The average molecular weight is 259 g/mol. The van der Waals surface area contributed by atoms with Gasteiger partial charge in [0, 0.05) is 31.4 Å². The zero-order chi connectivity index (χ0) is 13.4. The van der Waals surface area contributed by atoms with E-state index in [1.54, 1.807) is 0 Å². The number of pyridine rings is 1. The molecule has 19 heavy (non-hydrogen) atoms. The first-order chi connectivity index (χ1) is 9.13. The van der Waals surface area contributed by atoms with Crippen molar-refractivity contribution in [1.82, 2.24) is 10.3 Å². The van der Waals surface area contributed by atoms with Crippen molar-refractivity contribution in [2.24, 2.45) is 5.92 Å². The third kappa shape index (κ3) is 2.92. The van der Waals surface area contributed by atoms with Gasteiger partial charge in [-0.25, -0.2) is 4.98 Å². The van der Waals surface area contributed by atoms with Gasteiger partial charge in [-0.05, 0) is 56.2 Å². The maximum atomic E-state index is 4.73. The van der Waals surface area contributed by atoms with Crippen molar-refractivity contribution in [3.63, 3.8) is 0 Å². The van der Waals surface area contributed by atoms with Crippen LogP contribution in [0.15, 0.2) is 12.3 Å². The largest absolute Gasteiger partial charge is 0.353 e. The van der Waals surface area contributed by atoms with Crippen molar-refractivity contribution in [3.05, 3.63) is 23.4 Å². The van der Waals surface area contributed by atoms with Crippen LogP contribution in [-0.2, 0) is 6.54 Å². The van der Waals surface area contributed by atoms with Gasteiger partial charge in [-0.1, -0.05) is 6.92 Å². The standard InChI is InChI=1S/C16H25N3/c1-11-6-13(3)19(10-11)16-12(2)7-14(9-18-16)8-17-15-4-5-15/h7,9,11,13,15,17H,4-6,8,10H2,1-3H3. The van der Waals surface area contributed by atoms with Crippen LogP contribution in [0.3, 0.4) is 0 Å². The topological polar surface area (TPSA) is 28.2 Å². The highest BCUT2D eigenvalue weighted by atomic mass is 15.2. The number of hydrogen-bond donors (Lipinski definition) is 1. The van der Waals surface area contributed by atoms with Gasteiger partial charge in [0.15, 0.2) is 0 Å². The first-order valence-electron chi connectivity index (χ1n) is 7.59. The number of nitrogens with zero attached hydrogens (tertiary/aromatic N) is 2. The fraction of sp³-hybridized carbons (Fsp3) is 0.688. The van der Waals surface area contributed by atoms with E-state index in [9.17, 15) is 0 Å². The van der Waals surface area contributed by atoms with Gasteiger partial charge in [-0.15, -0.1) is 0 Å². The molecule has 3 heteroatoms. The second kappa shape index (κ2) is 5.12. The molecule has 2 unspecified atom stereocenters. The lowest BCUT2D eigenvalue weighted by Crippen LogP contribution is -2.28. The zero-order valence-corrected chi connectivity index (χ0v) is 12.3. The van der Waals surface area contributed by atoms with E-state index in [0.717, 1.165) is 25.0 Å². The van der Waals surface area contributed by atoms with Crippen molar-refractivity contribution in [2.45, 2.75) is 58.7 Å². The van der Waals surface area contributed by atoms with Gasteiger partial charge in [0.2, 0.25) is 0 Å². The molecule has 0 amide bonds. The fourth-order valence-electron chi connectivity index (χ4n) is 3.17. The predicted octanol–water partition coefficient (Wildman–Crippen LogP) is 2.88. The first kappa shape index (κ1) is 12.9. The van der Waals surface area contributed by atoms with Gasteiger partial charge in [-0.3, -0.25) is 0 Å². The Morgan fingerprint density at radius 3 is 2.74 bits per heavy atom. The lowest BCUT2D eigenvalue weighted by molar-refractivity contribution is 0.625. The van der Waals surface area contributed by atoms with E-state index >= 15 is 0 Å². The minimum Gasteiger partial charge on any atom is -0.353 e. The molecule has 2 aliphatic rings. The summed E-state index contributed by atoms with van der Waals surface area (Å²) in [5.74, 6) is 1.97. The molecule has 2 heterocycles. The Bertz CT molecular complexity index is 453. The number of anilines is 1. The summed E-state index contributed by atoms with van der Waals surface area (Å²) in [6, 6.07) is 3.68. The van der Waals surface area contributed by atoms with Crippen LogP contribution >= 0.6 is 0 Å². The van der Waals surface area contributed by atoms with E-state index in [4.69, 9.17) is 4.98 Å². The number of aryl methyl sites for hydroxylation is 1. The molecule has 0 bridgehead atoms. The zero-order valence-electron chi connectivity index (χ0n) is 12.3. The summed E-state index contributed by atoms with van der Waals surface area (Å²) in [6.45, 7) is 8.95. The third-order valence-corrected chi connectivity index (χ3v) is 4.34. The third-order valence-electron chi connectivity index (χ3n) is 4.34. The second-order valence-corrected chi connectivity index (χ2v) is 6.48. The monoisotopic (exact) mass is 259 g/mol. The molecular formula is C16H25N3. The molecule has 1 N–H and O–H groups in total. The van der Waals surface area contributed by atoms with E-state index in [0.29, 0.717) is 6.04 Å². The van der Waals surface area contributed by atoms with E-state index in [-0.39, 0.29) is 0 Å². The molecule has 0 spiro atoms. The Kier molecular flexibility index (Phi) is 3.48. The second-order valence-electron chi connectivity index (χ2n) is 6.48. The molecular weight excluding hydrogens is 234 g/mol. The van der Waals surface area contributed by atoms with Crippen molar-refractivity contribution >= 4 is 5.82 Å². The molecule has 1 aliphatic heterocycles. The van der Waals surface area contributed by atoms with E-state index in [1.165, 1.54) is 36.2 Å². The van der Waals surface area contributed by atoms with Crippen LogP contribution in [0.5, 0.6) is 0 Å². The summed E-state index contributed by atoms with van der Waals surface area (Å²) in [5.41, 5.74) is 2.63. The van der Waals surface area contributed by atoms with Crippen molar-refractivity contribution in [1.29, 1.82) is 0 Å². The summed E-state index contributed by atoms with van der Waals surface area (Å²) in [7, 11) is 0. The van der Waals surface area contributed by atoms with Gasteiger partial charge in [0.1, 0.15) is 5.82 Å². The van der Waals surface area contributed by atoms with Gasteiger partial charge in [-0.2, -0.15) is 0 Å². The highest BCUT2D eigenvalue weighted by Gasteiger charge is 2.28. The van der Waals surface area contributed by atoms with E-state index in [2.05, 4.69) is 37.1 Å². The predicted molar refractivity (Wildman–Crippen MR) is 79.4 cm³/mol. The van der Waals surface area contributed by atoms with Crippen molar-refractivity contribution in [2.75, 3.05) is 11.4 Å². The quantitative estimate of drug-likeness (QED) is 0.901. The van der Waals surface area contributed by atoms with Crippen LogP contribution in [0, 0.1) is 12.8 Å². The molecule has 1 saturated heterocycles. The van der Waals surface area contributed by atoms with Gasteiger partial charge in [0.25, 0.3) is 0 Å². The Hall–Kier alpha value is -1.09. The van der Waals surface area contributed by atoms with E-state index in [1.807, 2.05) is 6.20 Å². The Balaban J connectivity index is 1.71. The molecule has 104 valence electrons.